The van der Waals surface area contributed by atoms with Gasteiger partial charge in [-0.05, 0) is 17.3 Å². The molecule has 1 aromatic carbocycles. The van der Waals surface area contributed by atoms with Crippen molar-refractivity contribution in [2.75, 3.05) is 5.32 Å². The number of anilines is 1. The molecule has 9 nitrogen and oxygen atoms in total. The first kappa shape index (κ1) is 15.9. The normalized spacial score (nSPS) is 11.8. The number of rotatable bonds is 4. The van der Waals surface area contributed by atoms with Crippen LogP contribution in [0.25, 0.3) is 5.57 Å². The van der Waals surface area contributed by atoms with Gasteiger partial charge in [0.15, 0.2) is 0 Å². The van der Waals surface area contributed by atoms with Crippen LogP contribution in [0.1, 0.15) is 11.4 Å². The summed E-state index contributed by atoms with van der Waals surface area (Å²) in [5, 5.41) is 34.5. The maximum atomic E-state index is 12.7. The Hall–Kier alpha value is -3.49. The summed E-state index contributed by atoms with van der Waals surface area (Å²) in [5.41, 5.74) is -2.26. The summed E-state index contributed by atoms with van der Waals surface area (Å²) in [6, 6.07) is 3.58. The smallest absolute Gasteiger partial charge is 0.355 e. The van der Waals surface area contributed by atoms with E-state index < -0.39 is 28.0 Å². The number of nitriles is 1. The number of nitro benzene ring substituents is 1. The number of nitrogens with zero attached hydrogens (tertiary/aromatic N) is 5. The van der Waals surface area contributed by atoms with Crippen molar-refractivity contribution < 1.29 is 18.1 Å². The summed E-state index contributed by atoms with van der Waals surface area (Å²) in [7, 11) is 0. The minimum absolute atomic E-state index is 0.116. The zero-order valence-corrected chi connectivity index (χ0v) is 11.0. The number of hydrogen-bond donors (Lipinski definition) is 2. The van der Waals surface area contributed by atoms with E-state index in [4.69, 9.17) is 5.26 Å². The van der Waals surface area contributed by atoms with E-state index in [0.29, 0.717) is 12.1 Å². The Kier molecular flexibility index (Phi) is 4.21. The van der Waals surface area contributed by atoms with E-state index in [9.17, 15) is 23.3 Å². The molecule has 0 aliphatic rings. The summed E-state index contributed by atoms with van der Waals surface area (Å²) >= 11 is 0. The minimum Gasteiger partial charge on any atom is -0.355 e. The van der Waals surface area contributed by atoms with E-state index in [1.54, 1.807) is 6.07 Å². The number of nitro groups is 1. The van der Waals surface area contributed by atoms with Gasteiger partial charge in [-0.25, -0.2) is 0 Å². The number of hydrogen-bond acceptors (Lipinski definition) is 7. The van der Waals surface area contributed by atoms with Crippen LogP contribution in [0.2, 0.25) is 0 Å². The highest BCUT2D eigenvalue weighted by Gasteiger charge is 2.32. The zero-order valence-electron chi connectivity index (χ0n) is 11.0. The SMILES string of the molecule is N#CC(=CNc1cc(C(F)(F)F)ccc1[N+](=O)[O-])c1nn[nH]n1. The second kappa shape index (κ2) is 6.10. The highest BCUT2D eigenvalue weighted by atomic mass is 19.4. The lowest BCUT2D eigenvalue weighted by molar-refractivity contribution is -0.384. The highest BCUT2D eigenvalue weighted by molar-refractivity contribution is 5.75. The minimum atomic E-state index is -4.67. The lowest BCUT2D eigenvalue weighted by atomic mass is 10.1. The first-order valence-corrected chi connectivity index (χ1v) is 5.79. The third-order valence-corrected chi connectivity index (χ3v) is 2.60. The first-order valence-electron chi connectivity index (χ1n) is 5.79. The maximum absolute atomic E-state index is 12.7. The summed E-state index contributed by atoms with van der Waals surface area (Å²) in [6.07, 6.45) is -3.71. The lowest BCUT2D eigenvalue weighted by Crippen LogP contribution is -2.07. The summed E-state index contributed by atoms with van der Waals surface area (Å²) in [5.74, 6) is -0.116. The molecular weight excluding hydrogens is 319 g/mol. The standard InChI is InChI=1S/C11H6F3N7O2/c12-11(13,14)7-1-2-9(21(22)23)8(3-7)16-5-6(4-15)10-17-19-20-18-10/h1-3,5,16H,(H,17,18,19,20). The van der Waals surface area contributed by atoms with Crippen molar-refractivity contribution in [3.63, 3.8) is 0 Å². The van der Waals surface area contributed by atoms with Crippen LogP contribution in [0.4, 0.5) is 24.5 Å². The second-order valence-electron chi connectivity index (χ2n) is 4.04. The van der Waals surface area contributed by atoms with Gasteiger partial charge in [-0.15, -0.1) is 10.2 Å². The van der Waals surface area contributed by atoms with Crippen molar-refractivity contribution in [1.29, 1.82) is 5.26 Å². The van der Waals surface area contributed by atoms with Gasteiger partial charge >= 0.3 is 6.18 Å². The van der Waals surface area contributed by atoms with Gasteiger partial charge in [-0.3, -0.25) is 10.1 Å². The molecule has 2 rings (SSSR count). The predicted octanol–water partition coefficient (Wildman–Crippen LogP) is 2.10. The number of nitrogens with one attached hydrogen (secondary N) is 2. The summed E-state index contributed by atoms with van der Waals surface area (Å²) < 4.78 is 38.1. The summed E-state index contributed by atoms with van der Waals surface area (Å²) in [4.78, 5) is 10.0. The quantitative estimate of drug-likeness (QED) is 0.499. The van der Waals surface area contributed by atoms with Crippen molar-refractivity contribution in [3.8, 4) is 6.07 Å². The molecule has 118 valence electrons. The molecule has 0 fully saturated rings. The Labute approximate surface area is 125 Å². The van der Waals surface area contributed by atoms with E-state index in [-0.39, 0.29) is 11.4 Å². The molecule has 0 unspecified atom stereocenters. The molecule has 0 aliphatic carbocycles. The molecule has 0 spiro atoms. The number of allylic oxidation sites excluding steroid dienone is 1. The maximum Gasteiger partial charge on any atom is 0.416 e. The number of halogens is 3. The second-order valence-corrected chi connectivity index (χ2v) is 4.04. The Balaban J connectivity index is 2.41. The largest absolute Gasteiger partial charge is 0.416 e. The molecule has 0 aliphatic heterocycles. The van der Waals surface area contributed by atoms with Crippen LogP contribution in [-0.2, 0) is 6.18 Å². The number of tetrazole rings is 1. The highest BCUT2D eigenvalue weighted by Crippen LogP contribution is 2.35. The van der Waals surface area contributed by atoms with Crippen LogP contribution in [0, 0.1) is 21.4 Å². The van der Waals surface area contributed by atoms with Crippen LogP contribution in [0.15, 0.2) is 24.4 Å². The van der Waals surface area contributed by atoms with Gasteiger partial charge in [0.25, 0.3) is 5.69 Å². The van der Waals surface area contributed by atoms with Crippen molar-refractivity contribution in [1.82, 2.24) is 20.6 Å². The van der Waals surface area contributed by atoms with Gasteiger partial charge in [0.1, 0.15) is 17.3 Å². The van der Waals surface area contributed by atoms with E-state index in [1.807, 2.05) is 0 Å². The van der Waals surface area contributed by atoms with Crippen LogP contribution in [0.3, 0.4) is 0 Å². The zero-order chi connectivity index (χ0) is 17.0. The fraction of sp³-hybridized carbons (Fsp3) is 0.0909. The van der Waals surface area contributed by atoms with Gasteiger partial charge < -0.3 is 5.32 Å². The number of aromatic amines is 1. The van der Waals surface area contributed by atoms with E-state index >= 15 is 0 Å². The third-order valence-electron chi connectivity index (χ3n) is 2.60. The summed E-state index contributed by atoms with van der Waals surface area (Å²) in [6.45, 7) is 0. The van der Waals surface area contributed by atoms with Gasteiger partial charge in [-0.2, -0.15) is 23.6 Å². The molecule has 1 heterocycles. The molecule has 23 heavy (non-hydrogen) atoms. The average molecular weight is 325 g/mol. The lowest BCUT2D eigenvalue weighted by Gasteiger charge is -2.09. The number of aromatic nitrogens is 4. The Morgan fingerprint density at radius 1 is 1.48 bits per heavy atom. The Bertz CT molecular complexity index is 793. The Morgan fingerprint density at radius 3 is 2.74 bits per heavy atom. The van der Waals surface area contributed by atoms with Crippen molar-refractivity contribution in [2.45, 2.75) is 6.18 Å². The van der Waals surface area contributed by atoms with Crippen LogP contribution < -0.4 is 5.32 Å². The molecule has 0 amide bonds. The van der Waals surface area contributed by atoms with Gasteiger partial charge in [0.05, 0.1) is 10.5 Å². The average Bonchev–Trinajstić information content (AvgIpc) is 3.01. The van der Waals surface area contributed by atoms with Crippen molar-refractivity contribution >= 4 is 16.9 Å². The molecular formula is C11H6F3N7O2. The molecule has 0 saturated carbocycles. The molecule has 1 aromatic heterocycles. The number of benzene rings is 1. The molecule has 12 heteroatoms. The van der Waals surface area contributed by atoms with Gasteiger partial charge in [0, 0.05) is 12.3 Å². The van der Waals surface area contributed by atoms with Crippen LogP contribution in [-0.4, -0.2) is 25.5 Å². The fourth-order valence-corrected chi connectivity index (χ4v) is 1.56. The van der Waals surface area contributed by atoms with Crippen LogP contribution in [0.5, 0.6) is 0 Å². The molecule has 0 bridgehead atoms. The topological polar surface area (TPSA) is 133 Å². The molecule has 0 radical (unpaired) electrons. The molecule has 2 N–H and O–H groups in total. The Morgan fingerprint density at radius 2 is 2.22 bits per heavy atom. The van der Waals surface area contributed by atoms with Gasteiger partial charge in [0.2, 0.25) is 5.82 Å². The first-order chi connectivity index (χ1) is 10.8. The van der Waals surface area contributed by atoms with Crippen molar-refractivity contribution in [3.05, 3.63) is 45.9 Å². The molecule has 2 aromatic rings. The monoisotopic (exact) mass is 325 g/mol. The van der Waals surface area contributed by atoms with Gasteiger partial charge in [-0.1, -0.05) is 0 Å². The van der Waals surface area contributed by atoms with Crippen LogP contribution >= 0.6 is 0 Å². The number of H-pyrrole nitrogens is 1. The fourth-order valence-electron chi connectivity index (χ4n) is 1.56. The third kappa shape index (κ3) is 3.59. The van der Waals surface area contributed by atoms with E-state index in [1.165, 1.54) is 0 Å². The molecule has 0 saturated heterocycles. The van der Waals surface area contributed by atoms with Crippen molar-refractivity contribution in [2.24, 2.45) is 0 Å². The molecule has 0 atom stereocenters. The van der Waals surface area contributed by atoms with E-state index in [2.05, 4.69) is 25.9 Å². The predicted molar refractivity (Wildman–Crippen MR) is 69.5 cm³/mol. The number of alkyl halides is 3. The van der Waals surface area contributed by atoms with E-state index in [0.717, 1.165) is 12.3 Å².